The van der Waals surface area contributed by atoms with E-state index in [2.05, 4.69) is 0 Å². The van der Waals surface area contributed by atoms with Crippen LogP contribution >= 0.6 is 0 Å². The molecule has 0 aromatic heterocycles. The number of aliphatic hydroxyl groups excluding tert-OH is 1. The smallest absolute Gasteiger partial charge is 0.316 e. The summed E-state index contributed by atoms with van der Waals surface area (Å²) in [6, 6.07) is 0. The van der Waals surface area contributed by atoms with Crippen molar-refractivity contribution < 1.29 is 19.8 Å². The summed E-state index contributed by atoms with van der Waals surface area (Å²) < 4.78 is 0. The van der Waals surface area contributed by atoms with Crippen molar-refractivity contribution >= 4 is 29.1 Å². The molecule has 0 unspecified atom stereocenters. The SMILES string of the molecule is CC(=O)C(C)(C)C(=O)O.CC(C)O.[AlH3]. The van der Waals surface area contributed by atoms with Crippen LogP contribution in [0, 0.1) is 5.41 Å². The number of Topliss-reactive ketones (excluding diaryl/α,β-unsaturated/α-hetero) is 1. The van der Waals surface area contributed by atoms with Crippen LogP contribution in [-0.2, 0) is 9.59 Å². The van der Waals surface area contributed by atoms with E-state index in [1.165, 1.54) is 20.8 Å². The van der Waals surface area contributed by atoms with Crippen LogP contribution in [0.1, 0.15) is 34.6 Å². The van der Waals surface area contributed by atoms with Gasteiger partial charge in [-0.3, -0.25) is 9.59 Å². The van der Waals surface area contributed by atoms with Gasteiger partial charge in [0, 0.05) is 6.10 Å². The summed E-state index contributed by atoms with van der Waals surface area (Å²) in [7, 11) is 0. The summed E-state index contributed by atoms with van der Waals surface area (Å²) in [5, 5.41) is 16.4. The molecule has 0 aliphatic rings. The molecule has 0 fully saturated rings. The van der Waals surface area contributed by atoms with Gasteiger partial charge in [0.2, 0.25) is 0 Å². The molecule has 0 spiro atoms. The Bertz CT molecular complexity index is 168. The van der Waals surface area contributed by atoms with Crippen LogP contribution in [0.4, 0.5) is 0 Å². The predicted octanol–water partition coefficient (Wildman–Crippen LogP) is -0.111. The fourth-order valence-corrected chi connectivity index (χ4v) is 0.151. The number of carbonyl (C=O) groups is 2. The summed E-state index contributed by atoms with van der Waals surface area (Å²) in [6.07, 6.45) is -0.167. The van der Waals surface area contributed by atoms with Crippen LogP contribution in [0.2, 0.25) is 0 Å². The number of aliphatic carboxylic acids is 1. The van der Waals surface area contributed by atoms with Crippen molar-refractivity contribution in [1.82, 2.24) is 0 Å². The second-order valence-electron chi connectivity index (χ2n) is 3.58. The molecule has 0 heterocycles. The van der Waals surface area contributed by atoms with Crippen LogP contribution in [0.3, 0.4) is 0 Å². The Balaban J connectivity index is -0.000000209. The molecule has 0 aromatic carbocycles. The number of hydrogen-bond donors (Lipinski definition) is 2. The highest BCUT2D eigenvalue weighted by Gasteiger charge is 2.32. The van der Waals surface area contributed by atoms with Crippen LogP contribution in [-0.4, -0.2) is 45.4 Å². The fraction of sp³-hybridized carbons (Fsp3) is 0.778. The number of carboxylic acid groups (broad SMARTS) is 1. The van der Waals surface area contributed by atoms with Crippen molar-refractivity contribution in [3.63, 3.8) is 0 Å². The Morgan fingerprint density at radius 3 is 1.43 bits per heavy atom. The van der Waals surface area contributed by atoms with E-state index in [-0.39, 0.29) is 29.2 Å². The molecule has 4 nitrogen and oxygen atoms in total. The van der Waals surface area contributed by atoms with Gasteiger partial charge in [0.15, 0.2) is 17.4 Å². The summed E-state index contributed by atoms with van der Waals surface area (Å²) in [5.74, 6) is -1.40. The molecule has 0 bridgehead atoms. The lowest BCUT2D eigenvalue weighted by Gasteiger charge is -2.13. The van der Waals surface area contributed by atoms with Crippen LogP contribution in [0.25, 0.3) is 0 Å². The standard InChI is InChI=1S/C6H10O3.C3H8O.Al.3H/c1-4(7)6(2,3)5(8)9;1-3(2)4;;;;/h1-3H3,(H,8,9);3-4H,1-2H3;;;;. The molecule has 14 heavy (non-hydrogen) atoms. The predicted molar refractivity (Wildman–Crippen MR) is 59.4 cm³/mol. The third kappa shape index (κ3) is 9.72. The first-order chi connectivity index (χ1) is 5.62. The summed E-state index contributed by atoms with van der Waals surface area (Å²) in [6.45, 7) is 7.49. The third-order valence-electron chi connectivity index (χ3n) is 1.41. The lowest BCUT2D eigenvalue weighted by atomic mass is 9.89. The van der Waals surface area contributed by atoms with E-state index in [0.29, 0.717) is 0 Å². The van der Waals surface area contributed by atoms with E-state index in [9.17, 15) is 9.59 Å². The number of ketones is 1. The Morgan fingerprint density at radius 1 is 1.21 bits per heavy atom. The van der Waals surface area contributed by atoms with E-state index in [1.54, 1.807) is 13.8 Å². The van der Waals surface area contributed by atoms with Gasteiger partial charge >= 0.3 is 5.97 Å². The van der Waals surface area contributed by atoms with Gasteiger partial charge < -0.3 is 10.2 Å². The number of carbonyl (C=O) groups excluding carboxylic acids is 1. The van der Waals surface area contributed by atoms with Crippen molar-refractivity contribution in [3.05, 3.63) is 0 Å². The Labute approximate surface area is 95.4 Å². The molecule has 2 N–H and O–H groups in total. The van der Waals surface area contributed by atoms with E-state index >= 15 is 0 Å². The maximum Gasteiger partial charge on any atom is 0.316 e. The summed E-state index contributed by atoms with van der Waals surface area (Å²) in [5.41, 5.74) is -1.22. The Morgan fingerprint density at radius 2 is 1.43 bits per heavy atom. The first-order valence-electron chi connectivity index (χ1n) is 4.04. The van der Waals surface area contributed by atoms with Gasteiger partial charge in [0.25, 0.3) is 0 Å². The molecule has 0 aromatic rings. The zero-order valence-corrected chi connectivity index (χ0v) is 8.79. The monoisotopic (exact) mass is 220 g/mol. The molecular formula is C9H21AlO4. The highest BCUT2D eigenvalue weighted by Crippen LogP contribution is 2.15. The summed E-state index contributed by atoms with van der Waals surface area (Å²) in [4.78, 5) is 20.8. The molecule has 0 atom stereocenters. The van der Waals surface area contributed by atoms with Gasteiger partial charge in [-0.1, -0.05) is 0 Å². The molecule has 0 rings (SSSR count). The third-order valence-corrected chi connectivity index (χ3v) is 1.41. The van der Waals surface area contributed by atoms with Crippen molar-refractivity contribution in [1.29, 1.82) is 0 Å². The maximum atomic E-state index is 10.5. The first kappa shape index (κ1) is 19.2. The molecule has 0 saturated heterocycles. The maximum absolute atomic E-state index is 10.5. The average Bonchev–Trinajstić information content (AvgIpc) is 1.85. The second-order valence-corrected chi connectivity index (χ2v) is 3.58. The minimum absolute atomic E-state index is 0. The van der Waals surface area contributed by atoms with Gasteiger partial charge in [0.1, 0.15) is 11.2 Å². The van der Waals surface area contributed by atoms with E-state index in [4.69, 9.17) is 10.2 Å². The van der Waals surface area contributed by atoms with Crippen molar-refractivity contribution in [2.75, 3.05) is 0 Å². The molecule has 5 heteroatoms. The quantitative estimate of drug-likeness (QED) is 0.503. The van der Waals surface area contributed by atoms with E-state index in [1.807, 2.05) is 0 Å². The zero-order valence-electron chi connectivity index (χ0n) is 8.79. The first-order valence-corrected chi connectivity index (χ1v) is 4.04. The number of hydrogen-bond acceptors (Lipinski definition) is 3. The average molecular weight is 220 g/mol. The second kappa shape index (κ2) is 7.98. The van der Waals surface area contributed by atoms with Crippen LogP contribution < -0.4 is 0 Å². The number of carboxylic acids is 1. The van der Waals surface area contributed by atoms with E-state index in [0.717, 1.165) is 0 Å². The molecular weight excluding hydrogens is 199 g/mol. The number of aliphatic hydroxyl groups is 1. The van der Waals surface area contributed by atoms with Gasteiger partial charge in [0.05, 0.1) is 0 Å². The highest BCUT2D eigenvalue weighted by molar-refractivity contribution is 6.00. The molecule has 0 aliphatic carbocycles. The van der Waals surface area contributed by atoms with Gasteiger partial charge in [-0.15, -0.1) is 0 Å². The molecule has 0 aliphatic heterocycles. The van der Waals surface area contributed by atoms with Gasteiger partial charge in [-0.25, -0.2) is 0 Å². The Kier molecular flexibility index (Phi) is 11.0. The largest absolute Gasteiger partial charge is 0.481 e. The molecule has 0 saturated carbocycles. The van der Waals surface area contributed by atoms with Crippen molar-refractivity contribution in [2.45, 2.75) is 40.7 Å². The fourth-order valence-electron chi connectivity index (χ4n) is 0.151. The van der Waals surface area contributed by atoms with Crippen LogP contribution in [0.15, 0.2) is 0 Å². The minimum atomic E-state index is -1.22. The van der Waals surface area contributed by atoms with Gasteiger partial charge in [-0.2, -0.15) is 0 Å². The van der Waals surface area contributed by atoms with Gasteiger partial charge in [-0.05, 0) is 34.6 Å². The molecule has 84 valence electrons. The zero-order chi connectivity index (χ0) is 11.2. The lowest BCUT2D eigenvalue weighted by molar-refractivity contribution is -0.151. The normalized spacial score (nSPS) is 9.64. The highest BCUT2D eigenvalue weighted by atomic mass is 27.0. The van der Waals surface area contributed by atoms with E-state index < -0.39 is 11.4 Å². The Hall–Kier alpha value is -0.368. The summed E-state index contributed by atoms with van der Waals surface area (Å²) >= 11 is 0. The van der Waals surface area contributed by atoms with Crippen molar-refractivity contribution in [3.8, 4) is 0 Å². The molecule has 0 amide bonds. The molecule has 0 radical (unpaired) electrons. The number of rotatable bonds is 2. The topological polar surface area (TPSA) is 74.6 Å². The lowest BCUT2D eigenvalue weighted by Crippen LogP contribution is -2.30. The van der Waals surface area contributed by atoms with Crippen LogP contribution in [0.5, 0.6) is 0 Å². The van der Waals surface area contributed by atoms with Crippen molar-refractivity contribution in [2.24, 2.45) is 5.41 Å². The minimum Gasteiger partial charge on any atom is -0.481 e.